The van der Waals surface area contributed by atoms with Crippen molar-refractivity contribution < 1.29 is 9.53 Å². The summed E-state index contributed by atoms with van der Waals surface area (Å²) in [5, 5.41) is 12.2. The lowest BCUT2D eigenvalue weighted by Crippen LogP contribution is -2.39. The van der Waals surface area contributed by atoms with E-state index in [9.17, 15) is 4.79 Å². The van der Waals surface area contributed by atoms with E-state index in [2.05, 4.69) is 18.3 Å². The lowest BCUT2D eigenvalue weighted by Gasteiger charge is -2.31. The molecule has 1 aliphatic heterocycles. The predicted octanol–water partition coefficient (Wildman–Crippen LogP) is 4.23. The highest BCUT2D eigenvalue weighted by Crippen LogP contribution is 2.21. The number of rotatable bonds is 6. The summed E-state index contributed by atoms with van der Waals surface area (Å²) < 4.78 is 5.69. The van der Waals surface area contributed by atoms with Crippen LogP contribution in [0.25, 0.3) is 0 Å². The van der Waals surface area contributed by atoms with Crippen molar-refractivity contribution in [2.45, 2.75) is 26.7 Å². The van der Waals surface area contributed by atoms with Gasteiger partial charge in [-0.05, 0) is 73.7 Å². The van der Waals surface area contributed by atoms with Gasteiger partial charge in [-0.2, -0.15) is 5.26 Å². The summed E-state index contributed by atoms with van der Waals surface area (Å²) in [6, 6.07) is 15.0. The number of ether oxygens (including phenoxy) is 1. The monoisotopic (exact) mass is 377 g/mol. The summed E-state index contributed by atoms with van der Waals surface area (Å²) in [7, 11) is 0. The van der Waals surface area contributed by atoms with Gasteiger partial charge in [-0.25, -0.2) is 0 Å². The molecule has 0 aliphatic carbocycles. The van der Waals surface area contributed by atoms with Crippen molar-refractivity contribution in [1.29, 1.82) is 5.26 Å². The summed E-state index contributed by atoms with van der Waals surface area (Å²) in [4.78, 5) is 14.7. The zero-order valence-electron chi connectivity index (χ0n) is 16.6. The lowest BCUT2D eigenvalue weighted by molar-refractivity contribution is 0.0683. The third-order valence-electron chi connectivity index (χ3n) is 5.09. The summed E-state index contributed by atoms with van der Waals surface area (Å²) in [5.74, 6) is 1.45. The number of amides is 1. The van der Waals surface area contributed by atoms with Crippen molar-refractivity contribution in [3.63, 3.8) is 0 Å². The second-order valence-corrected chi connectivity index (χ2v) is 7.44. The van der Waals surface area contributed by atoms with Gasteiger partial charge in [0.05, 0.1) is 11.6 Å². The van der Waals surface area contributed by atoms with E-state index in [0.717, 1.165) is 42.1 Å². The van der Waals surface area contributed by atoms with Gasteiger partial charge in [0.2, 0.25) is 0 Å². The molecule has 0 radical (unpaired) electrons. The molecule has 5 heteroatoms. The molecule has 1 atom stereocenters. The van der Waals surface area contributed by atoms with Gasteiger partial charge >= 0.3 is 0 Å². The van der Waals surface area contributed by atoms with Crippen molar-refractivity contribution in [2.75, 3.05) is 31.6 Å². The molecule has 1 heterocycles. The molecule has 1 aliphatic rings. The van der Waals surface area contributed by atoms with Crippen LogP contribution in [0.4, 0.5) is 5.69 Å². The highest BCUT2D eigenvalue weighted by atomic mass is 16.5. The first-order valence-electron chi connectivity index (χ1n) is 9.83. The zero-order valence-corrected chi connectivity index (χ0v) is 16.6. The van der Waals surface area contributed by atoms with Crippen LogP contribution in [-0.2, 0) is 0 Å². The quantitative estimate of drug-likeness (QED) is 0.765. The van der Waals surface area contributed by atoms with Crippen molar-refractivity contribution in [3.05, 3.63) is 59.2 Å². The second-order valence-electron chi connectivity index (χ2n) is 7.44. The van der Waals surface area contributed by atoms with E-state index in [1.54, 1.807) is 24.3 Å². The summed E-state index contributed by atoms with van der Waals surface area (Å²) in [6.45, 7) is 7.09. The van der Waals surface area contributed by atoms with Crippen LogP contribution in [0.15, 0.2) is 42.5 Å². The average Bonchev–Trinajstić information content (AvgIpc) is 2.72. The molecular formula is C23H27N3O2. The van der Waals surface area contributed by atoms with E-state index in [4.69, 9.17) is 10.00 Å². The standard InChI is InChI=1S/C23H27N3O2/c1-17-4-3-12-26(16-17)23(27)20-7-10-22(18(2)14-20)25-11-13-28-21-8-5-19(15-24)6-9-21/h5-10,14,17,25H,3-4,11-13,16H2,1-2H3. The molecule has 2 aromatic carbocycles. The van der Waals surface area contributed by atoms with Crippen molar-refractivity contribution in [1.82, 2.24) is 4.90 Å². The maximum atomic E-state index is 12.7. The molecule has 0 aromatic heterocycles. The SMILES string of the molecule is Cc1cc(C(=O)N2CCCC(C)C2)ccc1NCCOc1ccc(C#N)cc1. The highest BCUT2D eigenvalue weighted by Gasteiger charge is 2.22. The summed E-state index contributed by atoms with van der Waals surface area (Å²) in [6.07, 6.45) is 2.29. The summed E-state index contributed by atoms with van der Waals surface area (Å²) >= 11 is 0. The minimum Gasteiger partial charge on any atom is -0.492 e. The number of hydrogen-bond acceptors (Lipinski definition) is 4. The van der Waals surface area contributed by atoms with Gasteiger partial charge in [0.25, 0.3) is 5.91 Å². The number of piperidine rings is 1. The maximum Gasteiger partial charge on any atom is 0.253 e. The summed E-state index contributed by atoms with van der Waals surface area (Å²) in [5.41, 5.74) is 3.43. The predicted molar refractivity (Wildman–Crippen MR) is 111 cm³/mol. The Labute approximate surface area is 166 Å². The Morgan fingerprint density at radius 3 is 2.75 bits per heavy atom. The first-order valence-corrected chi connectivity index (χ1v) is 9.83. The van der Waals surface area contributed by atoms with Crippen molar-refractivity contribution in [3.8, 4) is 11.8 Å². The van der Waals surface area contributed by atoms with Gasteiger partial charge < -0.3 is 15.0 Å². The Bertz CT molecular complexity index is 855. The van der Waals surface area contributed by atoms with Crippen LogP contribution in [0.1, 0.15) is 41.3 Å². The van der Waals surface area contributed by atoms with Gasteiger partial charge in [0, 0.05) is 30.9 Å². The molecule has 1 amide bonds. The molecule has 1 unspecified atom stereocenters. The zero-order chi connectivity index (χ0) is 19.9. The minimum absolute atomic E-state index is 0.130. The third kappa shape index (κ3) is 5.04. The fourth-order valence-electron chi connectivity index (χ4n) is 3.53. The Hall–Kier alpha value is -3.00. The molecule has 1 N–H and O–H groups in total. The van der Waals surface area contributed by atoms with Gasteiger partial charge in [-0.3, -0.25) is 4.79 Å². The van der Waals surface area contributed by atoms with Crippen LogP contribution in [0.3, 0.4) is 0 Å². The molecule has 0 bridgehead atoms. The van der Waals surface area contributed by atoms with Gasteiger partial charge in [-0.15, -0.1) is 0 Å². The molecule has 3 rings (SSSR count). The van der Waals surface area contributed by atoms with Crippen molar-refractivity contribution >= 4 is 11.6 Å². The van der Waals surface area contributed by atoms with Crippen LogP contribution in [-0.4, -0.2) is 37.0 Å². The largest absolute Gasteiger partial charge is 0.492 e. The maximum absolute atomic E-state index is 12.7. The highest BCUT2D eigenvalue weighted by molar-refractivity contribution is 5.95. The second kappa shape index (κ2) is 9.27. The number of nitriles is 1. The van der Waals surface area contributed by atoms with E-state index < -0.39 is 0 Å². The molecule has 28 heavy (non-hydrogen) atoms. The van der Waals surface area contributed by atoms with E-state index in [0.29, 0.717) is 24.6 Å². The van der Waals surface area contributed by atoms with Crippen molar-refractivity contribution in [2.24, 2.45) is 5.92 Å². The van der Waals surface area contributed by atoms with E-state index in [-0.39, 0.29) is 5.91 Å². The Morgan fingerprint density at radius 2 is 2.07 bits per heavy atom. The van der Waals surface area contributed by atoms with Crippen LogP contribution < -0.4 is 10.1 Å². The third-order valence-corrected chi connectivity index (χ3v) is 5.09. The minimum atomic E-state index is 0.130. The molecule has 146 valence electrons. The molecule has 0 spiro atoms. The van der Waals surface area contributed by atoms with E-state index in [1.807, 2.05) is 30.0 Å². The first kappa shape index (κ1) is 19.8. The van der Waals surface area contributed by atoms with Gasteiger partial charge in [-0.1, -0.05) is 6.92 Å². The number of benzene rings is 2. The molecular weight excluding hydrogens is 350 g/mol. The Kier molecular flexibility index (Phi) is 6.54. The normalized spacial score (nSPS) is 16.3. The van der Waals surface area contributed by atoms with Crippen LogP contribution >= 0.6 is 0 Å². The first-order chi connectivity index (χ1) is 13.6. The lowest BCUT2D eigenvalue weighted by atomic mass is 9.99. The number of anilines is 1. The topological polar surface area (TPSA) is 65.4 Å². The van der Waals surface area contributed by atoms with Crippen LogP contribution in [0, 0.1) is 24.2 Å². The number of likely N-dealkylation sites (tertiary alicyclic amines) is 1. The number of aryl methyl sites for hydroxylation is 1. The van der Waals surface area contributed by atoms with E-state index >= 15 is 0 Å². The van der Waals surface area contributed by atoms with Crippen LogP contribution in [0.2, 0.25) is 0 Å². The molecule has 0 saturated carbocycles. The molecule has 2 aromatic rings. The Balaban J connectivity index is 1.51. The smallest absolute Gasteiger partial charge is 0.253 e. The molecule has 1 saturated heterocycles. The fourth-order valence-corrected chi connectivity index (χ4v) is 3.53. The Morgan fingerprint density at radius 1 is 1.29 bits per heavy atom. The van der Waals surface area contributed by atoms with E-state index in [1.165, 1.54) is 6.42 Å². The van der Waals surface area contributed by atoms with Crippen LogP contribution in [0.5, 0.6) is 5.75 Å². The van der Waals surface area contributed by atoms with Gasteiger partial charge in [0.1, 0.15) is 12.4 Å². The molecule has 5 nitrogen and oxygen atoms in total. The molecule has 1 fully saturated rings. The number of carbonyl (C=O) groups is 1. The number of carbonyl (C=O) groups excluding carboxylic acids is 1. The number of nitrogens with zero attached hydrogens (tertiary/aromatic N) is 2. The fraction of sp³-hybridized carbons (Fsp3) is 0.391. The van der Waals surface area contributed by atoms with Gasteiger partial charge in [0.15, 0.2) is 0 Å². The average molecular weight is 377 g/mol. The number of nitrogens with one attached hydrogen (secondary N) is 1. The number of hydrogen-bond donors (Lipinski definition) is 1.